The van der Waals surface area contributed by atoms with E-state index in [0.717, 1.165) is 0 Å². The van der Waals surface area contributed by atoms with Crippen molar-refractivity contribution in [1.29, 1.82) is 0 Å². The van der Waals surface area contributed by atoms with Crippen molar-refractivity contribution in [2.75, 3.05) is 19.8 Å². The molecule has 11 N–H and O–H groups in total. The Kier molecular flexibility index (Phi) is 9.49. The molecule has 0 saturated carbocycles. The summed E-state index contributed by atoms with van der Waals surface area (Å²) in [6.45, 7) is 4.35. The smallest absolute Gasteiger partial charge is 0.187 e. The Morgan fingerprint density at radius 1 is 0.686 bits per heavy atom. The lowest BCUT2D eigenvalue weighted by Crippen LogP contribution is -2.67. The lowest BCUT2D eigenvalue weighted by molar-refractivity contribution is -0.348. The summed E-state index contributed by atoms with van der Waals surface area (Å²) in [4.78, 5) is 0. The summed E-state index contributed by atoms with van der Waals surface area (Å²) in [7, 11) is 0. The zero-order valence-corrected chi connectivity index (χ0v) is 20.0. The monoisotopic (exact) mass is 512 g/mol. The fourth-order valence-corrected chi connectivity index (χ4v) is 4.68. The number of aliphatic hydroxyl groups is 7. The van der Waals surface area contributed by atoms with E-state index in [9.17, 15) is 35.7 Å². The van der Waals surface area contributed by atoms with E-state index in [1.165, 1.54) is 0 Å². The predicted octanol–water partition coefficient (Wildman–Crippen LogP) is -4.90. The standard InChI is InChI=1S/C21H40N2O12/c1-21(2,3)18-15(30)17(9(6-25)31-18)34-19-10(23)12(27)16(7(4-22)32-19)35-20-14(29)13(28)11(26)8(5-24)33-20/h7-20,24-30H,4-6,22-23H2,1-3H3/t7-,8?,9+,10?,11+,12?,13-,14?,15?,16?,17-,18+,19-,20+/m0/s1. The molecule has 3 fully saturated rings. The Labute approximate surface area is 203 Å². The van der Waals surface area contributed by atoms with Crippen molar-refractivity contribution in [1.82, 2.24) is 0 Å². The lowest BCUT2D eigenvalue weighted by Gasteiger charge is -2.47. The molecule has 206 valence electrons. The molecule has 6 unspecified atom stereocenters. The van der Waals surface area contributed by atoms with Crippen LogP contribution >= 0.6 is 0 Å². The molecule has 3 saturated heterocycles. The second-order valence-electron chi connectivity index (χ2n) is 10.4. The molecule has 3 rings (SSSR count). The van der Waals surface area contributed by atoms with Crippen LogP contribution in [0.5, 0.6) is 0 Å². The second kappa shape index (κ2) is 11.4. The third-order valence-corrected chi connectivity index (χ3v) is 6.75. The minimum atomic E-state index is -1.70. The molecule has 35 heavy (non-hydrogen) atoms. The first-order valence-corrected chi connectivity index (χ1v) is 11.7. The number of nitrogens with two attached hydrogens (primary N) is 2. The molecule has 3 aliphatic heterocycles. The molecule has 14 atom stereocenters. The van der Waals surface area contributed by atoms with Gasteiger partial charge >= 0.3 is 0 Å². The second-order valence-corrected chi connectivity index (χ2v) is 10.4. The summed E-state index contributed by atoms with van der Waals surface area (Å²) in [5, 5.41) is 71.0. The first-order chi connectivity index (χ1) is 16.3. The third-order valence-electron chi connectivity index (χ3n) is 6.75. The SMILES string of the molecule is CC(C)(C)[C@@H]1O[C@H](CO)[C@H](O[C@@H]2O[C@@H](CN)C(O[C@H]3OC(CO)[C@@H](O)[C@H](O)C3O)C(O)C2N)C1O. The molecular weight excluding hydrogens is 472 g/mol. The average Bonchev–Trinajstić information content (AvgIpc) is 3.14. The van der Waals surface area contributed by atoms with E-state index in [4.69, 9.17) is 35.2 Å². The molecule has 0 aromatic heterocycles. The number of rotatable bonds is 7. The van der Waals surface area contributed by atoms with Gasteiger partial charge in [0, 0.05) is 6.54 Å². The van der Waals surface area contributed by atoms with Crippen LogP contribution in [0.2, 0.25) is 0 Å². The normalized spacial score (nSPS) is 49.4. The maximum atomic E-state index is 10.9. The van der Waals surface area contributed by atoms with Gasteiger partial charge in [-0.15, -0.1) is 0 Å². The highest BCUT2D eigenvalue weighted by Crippen LogP contribution is 2.37. The van der Waals surface area contributed by atoms with Gasteiger partial charge < -0.3 is 70.9 Å². The quantitative estimate of drug-likeness (QED) is 0.155. The zero-order chi connectivity index (χ0) is 26.2. The highest BCUT2D eigenvalue weighted by atomic mass is 16.7. The van der Waals surface area contributed by atoms with Crippen molar-refractivity contribution in [2.24, 2.45) is 16.9 Å². The first-order valence-electron chi connectivity index (χ1n) is 11.7. The van der Waals surface area contributed by atoms with Gasteiger partial charge in [-0.05, 0) is 5.41 Å². The van der Waals surface area contributed by atoms with Gasteiger partial charge in [0.05, 0.1) is 25.4 Å². The fraction of sp³-hybridized carbons (Fsp3) is 1.00. The van der Waals surface area contributed by atoms with Crippen LogP contribution in [0.15, 0.2) is 0 Å². The van der Waals surface area contributed by atoms with Crippen LogP contribution in [0.3, 0.4) is 0 Å². The topological polar surface area (TPSA) is 240 Å². The largest absolute Gasteiger partial charge is 0.394 e. The van der Waals surface area contributed by atoms with Crippen LogP contribution in [-0.2, 0) is 23.7 Å². The Morgan fingerprint density at radius 2 is 1.23 bits per heavy atom. The van der Waals surface area contributed by atoms with Crippen LogP contribution in [0.1, 0.15) is 20.8 Å². The van der Waals surface area contributed by atoms with Crippen LogP contribution in [0.4, 0.5) is 0 Å². The van der Waals surface area contributed by atoms with Gasteiger partial charge in [0.2, 0.25) is 0 Å². The average molecular weight is 513 g/mol. The fourth-order valence-electron chi connectivity index (χ4n) is 4.68. The lowest BCUT2D eigenvalue weighted by atomic mass is 9.85. The van der Waals surface area contributed by atoms with Crippen molar-refractivity contribution in [3.63, 3.8) is 0 Å². The van der Waals surface area contributed by atoms with Gasteiger partial charge in [-0.2, -0.15) is 0 Å². The van der Waals surface area contributed by atoms with Gasteiger partial charge in [-0.3, -0.25) is 0 Å². The van der Waals surface area contributed by atoms with Gasteiger partial charge in [0.15, 0.2) is 12.6 Å². The maximum absolute atomic E-state index is 10.9. The number of hydrogen-bond acceptors (Lipinski definition) is 14. The first kappa shape index (κ1) is 29.0. The molecule has 3 heterocycles. The molecular formula is C21H40N2O12. The number of hydrogen-bond donors (Lipinski definition) is 9. The van der Waals surface area contributed by atoms with E-state index >= 15 is 0 Å². The van der Waals surface area contributed by atoms with Crippen LogP contribution in [0.25, 0.3) is 0 Å². The summed E-state index contributed by atoms with van der Waals surface area (Å²) in [5.74, 6) is 0. The minimum absolute atomic E-state index is 0.177. The summed E-state index contributed by atoms with van der Waals surface area (Å²) in [5.41, 5.74) is 11.5. The van der Waals surface area contributed by atoms with Crippen molar-refractivity contribution in [3.8, 4) is 0 Å². The summed E-state index contributed by atoms with van der Waals surface area (Å²) >= 11 is 0. The molecule has 14 nitrogen and oxygen atoms in total. The van der Waals surface area contributed by atoms with E-state index in [1.807, 2.05) is 20.8 Å². The van der Waals surface area contributed by atoms with E-state index < -0.39 is 104 Å². The maximum Gasteiger partial charge on any atom is 0.187 e. The van der Waals surface area contributed by atoms with Crippen molar-refractivity contribution in [3.05, 3.63) is 0 Å². The molecule has 0 bridgehead atoms. The van der Waals surface area contributed by atoms with Gasteiger partial charge in [0.25, 0.3) is 0 Å². The Bertz CT molecular complexity index is 679. The van der Waals surface area contributed by atoms with Gasteiger partial charge in [-0.25, -0.2) is 0 Å². The Hall–Kier alpha value is -0.560. The van der Waals surface area contributed by atoms with Gasteiger partial charge in [0.1, 0.15) is 61.0 Å². The molecule has 0 radical (unpaired) electrons. The molecule has 0 aliphatic carbocycles. The summed E-state index contributed by atoms with van der Waals surface area (Å²) in [6.07, 6.45) is -16.3. The molecule has 3 aliphatic rings. The molecule has 0 amide bonds. The highest BCUT2D eigenvalue weighted by Gasteiger charge is 2.54. The number of ether oxygens (including phenoxy) is 5. The molecule has 0 aromatic rings. The predicted molar refractivity (Wildman–Crippen MR) is 116 cm³/mol. The molecule has 0 aromatic carbocycles. The van der Waals surface area contributed by atoms with Gasteiger partial charge in [-0.1, -0.05) is 20.8 Å². The number of aliphatic hydroxyl groups excluding tert-OH is 7. The molecule has 0 spiro atoms. The van der Waals surface area contributed by atoms with Crippen LogP contribution in [-0.4, -0.2) is 141 Å². The van der Waals surface area contributed by atoms with Crippen molar-refractivity contribution < 1.29 is 59.4 Å². The van der Waals surface area contributed by atoms with Crippen LogP contribution < -0.4 is 11.5 Å². The Morgan fingerprint density at radius 3 is 1.77 bits per heavy atom. The van der Waals surface area contributed by atoms with E-state index in [2.05, 4.69) is 0 Å². The van der Waals surface area contributed by atoms with Crippen molar-refractivity contribution >= 4 is 0 Å². The molecule has 14 heteroatoms. The Balaban J connectivity index is 1.72. The summed E-state index contributed by atoms with van der Waals surface area (Å²) < 4.78 is 28.5. The van der Waals surface area contributed by atoms with Crippen LogP contribution in [0, 0.1) is 5.41 Å². The summed E-state index contributed by atoms with van der Waals surface area (Å²) in [6, 6.07) is -1.21. The highest BCUT2D eigenvalue weighted by molar-refractivity contribution is 5.00. The zero-order valence-electron chi connectivity index (χ0n) is 20.0. The van der Waals surface area contributed by atoms with E-state index in [-0.39, 0.29) is 6.54 Å². The minimum Gasteiger partial charge on any atom is -0.394 e. The van der Waals surface area contributed by atoms with Crippen molar-refractivity contribution in [2.45, 2.75) is 107 Å². The van der Waals surface area contributed by atoms with E-state index in [1.54, 1.807) is 0 Å². The van der Waals surface area contributed by atoms with E-state index in [0.29, 0.717) is 0 Å². The third kappa shape index (κ3) is 5.81.